The first-order valence-corrected chi connectivity index (χ1v) is 3.46. The SMILES string of the molecule is O=c1ccc2c([nH]1)NCCO2. The molecule has 0 unspecified atom stereocenters. The van der Waals surface area contributed by atoms with Gasteiger partial charge in [0.1, 0.15) is 12.4 Å². The Morgan fingerprint density at radius 3 is 3.27 bits per heavy atom. The molecule has 2 N–H and O–H groups in total. The highest BCUT2D eigenvalue weighted by atomic mass is 16.5. The minimum absolute atomic E-state index is 0.109. The Morgan fingerprint density at radius 1 is 1.45 bits per heavy atom. The van der Waals surface area contributed by atoms with Gasteiger partial charge in [-0.25, -0.2) is 0 Å². The van der Waals surface area contributed by atoms with Gasteiger partial charge in [-0.1, -0.05) is 0 Å². The van der Waals surface area contributed by atoms with E-state index in [1.54, 1.807) is 6.07 Å². The fraction of sp³-hybridized carbons (Fsp3) is 0.286. The molecule has 4 heteroatoms. The zero-order valence-corrected chi connectivity index (χ0v) is 5.89. The van der Waals surface area contributed by atoms with E-state index < -0.39 is 0 Å². The van der Waals surface area contributed by atoms with E-state index in [4.69, 9.17) is 4.74 Å². The Kier molecular flexibility index (Phi) is 1.31. The van der Waals surface area contributed by atoms with E-state index in [-0.39, 0.29) is 5.56 Å². The minimum Gasteiger partial charge on any atom is -0.488 e. The minimum atomic E-state index is -0.109. The Bertz CT molecular complexity index is 318. The van der Waals surface area contributed by atoms with E-state index in [1.807, 2.05) is 0 Å². The Morgan fingerprint density at radius 2 is 2.36 bits per heavy atom. The summed E-state index contributed by atoms with van der Waals surface area (Å²) in [6.07, 6.45) is 0. The zero-order chi connectivity index (χ0) is 7.68. The summed E-state index contributed by atoms with van der Waals surface area (Å²) in [7, 11) is 0. The molecule has 0 radical (unpaired) electrons. The van der Waals surface area contributed by atoms with E-state index >= 15 is 0 Å². The number of pyridine rings is 1. The summed E-state index contributed by atoms with van der Waals surface area (Å²) in [5.74, 6) is 1.40. The molecule has 1 aliphatic rings. The van der Waals surface area contributed by atoms with Crippen molar-refractivity contribution in [3.8, 4) is 5.75 Å². The predicted molar refractivity (Wildman–Crippen MR) is 41.0 cm³/mol. The molecule has 0 saturated carbocycles. The van der Waals surface area contributed by atoms with Crippen molar-refractivity contribution in [1.29, 1.82) is 0 Å². The third-order valence-electron chi connectivity index (χ3n) is 1.54. The summed E-state index contributed by atoms with van der Waals surface area (Å²) in [4.78, 5) is 13.4. The first-order valence-electron chi connectivity index (χ1n) is 3.46. The van der Waals surface area contributed by atoms with E-state index in [9.17, 15) is 4.79 Å². The van der Waals surface area contributed by atoms with Gasteiger partial charge in [-0.05, 0) is 6.07 Å². The van der Waals surface area contributed by atoms with E-state index in [2.05, 4.69) is 10.3 Å². The van der Waals surface area contributed by atoms with Gasteiger partial charge in [0.25, 0.3) is 0 Å². The van der Waals surface area contributed by atoms with Crippen LogP contribution in [0.4, 0.5) is 5.82 Å². The molecular weight excluding hydrogens is 144 g/mol. The third kappa shape index (κ3) is 1.07. The van der Waals surface area contributed by atoms with Crippen LogP contribution < -0.4 is 15.6 Å². The van der Waals surface area contributed by atoms with Crippen molar-refractivity contribution in [2.45, 2.75) is 0 Å². The van der Waals surface area contributed by atoms with Gasteiger partial charge in [-0.2, -0.15) is 0 Å². The quantitative estimate of drug-likeness (QED) is 0.557. The standard InChI is InChI=1S/C7H8N2O2/c10-6-2-1-5-7(9-6)8-3-4-11-5/h1-2H,3-4H2,(H2,8,9,10). The van der Waals surface area contributed by atoms with Gasteiger partial charge in [0.15, 0.2) is 5.75 Å². The molecule has 1 aromatic heterocycles. The Labute approximate surface area is 63.2 Å². The Hall–Kier alpha value is -1.45. The normalized spacial score (nSPS) is 14.5. The van der Waals surface area contributed by atoms with Gasteiger partial charge < -0.3 is 15.0 Å². The fourth-order valence-electron chi connectivity index (χ4n) is 1.05. The number of nitrogens with one attached hydrogen (secondary N) is 2. The summed E-state index contributed by atoms with van der Waals surface area (Å²) < 4.78 is 5.25. The molecule has 0 amide bonds. The first kappa shape index (κ1) is 6.27. The van der Waals surface area contributed by atoms with Gasteiger partial charge in [0.2, 0.25) is 5.56 Å². The number of fused-ring (bicyclic) bond motifs is 1. The molecule has 0 atom stereocenters. The lowest BCUT2D eigenvalue weighted by atomic mass is 10.4. The number of rotatable bonds is 0. The van der Waals surface area contributed by atoms with Gasteiger partial charge in [-0.15, -0.1) is 0 Å². The van der Waals surface area contributed by atoms with Crippen LogP contribution in [0.15, 0.2) is 16.9 Å². The monoisotopic (exact) mass is 152 g/mol. The van der Waals surface area contributed by atoms with Crippen molar-refractivity contribution < 1.29 is 4.74 Å². The molecular formula is C7H8N2O2. The van der Waals surface area contributed by atoms with Crippen LogP contribution in [0, 0.1) is 0 Å². The maximum absolute atomic E-state index is 10.8. The van der Waals surface area contributed by atoms with Crippen molar-refractivity contribution in [1.82, 2.24) is 4.98 Å². The van der Waals surface area contributed by atoms with Crippen LogP contribution in [0.1, 0.15) is 0 Å². The summed E-state index contributed by atoms with van der Waals surface area (Å²) in [6, 6.07) is 3.12. The van der Waals surface area contributed by atoms with Crippen molar-refractivity contribution >= 4 is 5.82 Å². The van der Waals surface area contributed by atoms with E-state index in [0.29, 0.717) is 12.4 Å². The highest BCUT2D eigenvalue weighted by Crippen LogP contribution is 2.21. The third-order valence-corrected chi connectivity index (χ3v) is 1.54. The van der Waals surface area contributed by atoms with Gasteiger partial charge >= 0.3 is 0 Å². The molecule has 4 nitrogen and oxygen atoms in total. The molecule has 1 aliphatic heterocycles. The summed E-state index contributed by atoms with van der Waals surface area (Å²) in [5, 5.41) is 3.02. The summed E-state index contributed by atoms with van der Waals surface area (Å²) >= 11 is 0. The van der Waals surface area contributed by atoms with Crippen molar-refractivity contribution in [3.63, 3.8) is 0 Å². The fourth-order valence-corrected chi connectivity index (χ4v) is 1.05. The molecule has 0 bridgehead atoms. The molecule has 58 valence electrons. The second kappa shape index (κ2) is 2.30. The highest BCUT2D eigenvalue weighted by molar-refractivity contribution is 5.50. The molecule has 0 aromatic carbocycles. The number of ether oxygens (including phenoxy) is 1. The lowest BCUT2D eigenvalue weighted by Crippen LogP contribution is -2.21. The van der Waals surface area contributed by atoms with E-state index in [0.717, 1.165) is 12.3 Å². The molecule has 11 heavy (non-hydrogen) atoms. The second-order valence-corrected chi connectivity index (χ2v) is 2.34. The van der Waals surface area contributed by atoms with Crippen LogP contribution in [0.5, 0.6) is 5.75 Å². The highest BCUT2D eigenvalue weighted by Gasteiger charge is 2.08. The average molecular weight is 152 g/mol. The summed E-state index contributed by atoms with van der Waals surface area (Å²) in [6.45, 7) is 1.39. The van der Waals surface area contributed by atoms with Crippen molar-refractivity contribution in [2.75, 3.05) is 18.5 Å². The van der Waals surface area contributed by atoms with Crippen LogP contribution in [-0.2, 0) is 0 Å². The van der Waals surface area contributed by atoms with Gasteiger partial charge in [0, 0.05) is 6.07 Å². The average Bonchev–Trinajstić information content (AvgIpc) is 2.04. The number of aromatic nitrogens is 1. The lowest BCUT2D eigenvalue weighted by Gasteiger charge is -2.17. The second-order valence-electron chi connectivity index (χ2n) is 2.34. The Balaban J connectivity index is 2.51. The number of anilines is 1. The van der Waals surface area contributed by atoms with Gasteiger partial charge in [0.05, 0.1) is 6.54 Å². The zero-order valence-electron chi connectivity index (χ0n) is 5.89. The first-order chi connectivity index (χ1) is 5.36. The van der Waals surface area contributed by atoms with Crippen LogP contribution in [0.25, 0.3) is 0 Å². The lowest BCUT2D eigenvalue weighted by molar-refractivity contribution is 0.321. The topological polar surface area (TPSA) is 54.1 Å². The predicted octanol–water partition coefficient (Wildman–Crippen LogP) is 0.179. The molecule has 1 aromatic rings. The maximum Gasteiger partial charge on any atom is 0.249 e. The van der Waals surface area contributed by atoms with Gasteiger partial charge in [-0.3, -0.25) is 4.79 Å². The molecule has 0 spiro atoms. The molecule has 2 rings (SSSR count). The molecule has 0 saturated heterocycles. The van der Waals surface area contributed by atoms with Crippen LogP contribution in [-0.4, -0.2) is 18.1 Å². The van der Waals surface area contributed by atoms with E-state index in [1.165, 1.54) is 6.07 Å². The molecule has 0 fully saturated rings. The number of hydrogen-bond acceptors (Lipinski definition) is 3. The van der Waals surface area contributed by atoms with Crippen LogP contribution in [0.2, 0.25) is 0 Å². The summed E-state index contributed by atoms with van der Waals surface area (Å²) in [5.41, 5.74) is -0.109. The number of aromatic amines is 1. The smallest absolute Gasteiger partial charge is 0.249 e. The maximum atomic E-state index is 10.8. The van der Waals surface area contributed by atoms with Crippen molar-refractivity contribution in [2.24, 2.45) is 0 Å². The largest absolute Gasteiger partial charge is 0.488 e. The molecule has 0 aliphatic carbocycles. The number of H-pyrrole nitrogens is 1. The molecule has 2 heterocycles. The van der Waals surface area contributed by atoms with Crippen LogP contribution in [0.3, 0.4) is 0 Å². The van der Waals surface area contributed by atoms with Crippen molar-refractivity contribution in [3.05, 3.63) is 22.5 Å². The number of hydrogen-bond donors (Lipinski definition) is 2. The van der Waals surface area contributed by atoms with Crippen LogP contribution >= 0.6 is 0 Å².